The fraction of sp³-hybridized carbons (Fsp3) is 0.238. The number of methoxy groups -OCH3 is 1. The van der Waals surface area contributed by atoms with Gasteiger partial charge in [0.25, 0.3) is 0 Å². The van der Waals surface area contributed by atoms with Gasteiger partial charge in [0.1, 0.15) is 11.4 Å². The van der Waals surface area contributed by atoms with Crippen LogP contribution in [0, 0.1) is 19.7 Å². The molecule has 0 saturated heterocycles. The van der Waals surface area contributed by atoms with Crippen molar-refractivity contribution in [1.29, 1.82) is 0 Å². The molecule has 0 fully saturated rings. The van der Waals surface area contributed by atoms with Gasteiger partial charge in [-0.2, -0.15) is 26.7 Å². The number of esters is 1. The number of alkyl halides is 3. The number of benzene rings is 2. The highest BCUT2D eigenvalue weighted by Crippen LogP contribution is 2.35. The van der Waals surface area contributed by atoms with Crippen molar-refractivity contribution in [1.82, 2.24) is 9.78 Å². The molecule has 7 nitrogen and oxygen atoms in total. The largest absolute Gasteiger partial charge is 0.534 e. The molecule has 176 valence electrons. The minimum Gasteiger partial charge on any atom is -0.465 e. The highest BCUT2D eigenvalue weighted by molar-refractivity contribution is 7.88. The van der Waals surface area contributed by atoms with Crippen molar-refractivity contribution in [2.45, 2.75) is 25.8 Å². The van der Waals surface area contributed by atoms with Gasteiger partial charge in [0.2, 0.25) is 0 Å². The number of ether oxygens (including phenoxy) is 1. The SMILES string of the molecule is COC(=O)c1cc(Cc2ccc(-n3cccn3)cc2F)c(C)c(C)c1OS(=O)(=O)C(F)(F)F. The third-order valence-electron chi connectivity index (χ3n) is 5.02. The Balaban J connectivity index is 2.05. The maximum Gasteiger partial charge on any atom is 0.534 e. The summed E-state index contributed by atoms with van der Waals surface area (Å²) in [6, 6.07) is 7.21. The number of carbonyl (C=O) groups is 1. The topological polar surface area (TPSA) is 87.5 Å². The third kappa shape index (κ3) is 4.85. The average Bonchev–Trinajstić information content (AvgIpc) is 3.28. The summed E-state index contributed by atoms with van der Waals surface area (Å²) in [7, 11) is -5.06. The van der Waals surface area contributed by atoms with Gasteiger partial charge >= 0.3 is 21.6 Å². The lowest BCUT2D eigenvalue weighted by Gasteiger charge is -2.18. The third-order valence-corrected chi connectivity index (χ3v) is 5.97. The molecule has 0 spiro atoms. The summed E-state index contributed by atoms with van der Waals surface area (Å²) in [6.45, 7) is 2.79. The summed E-state index contributed by atoms with van der Waals surface area (Å²) in [6.07, 6.45) is 3.14. The van der Waals surface area contributed by atoms with Gasteiger partial charge < -0.3 is 8.92 Å². The van der Waals surface area contributed by atoms with E-state index in [-0.39, 0.29) is 17.5 Å². The molecule has 0 saturated carbocycles. The smallest absolute Gasteiger partial charge is 0.465 e. The Hall–Kier alpha value is -3.41. The molecule has 33 heavy (non-hydrogen) atoms. The van der Waals surface area contributed by atoms with Crippen LogP contribution < -0.4 is 4.18 Å². The van der Waals surface area contributed by atoms with E-state index in [9.17, 15) is 30.8 Å². The number of aromatic nitrogens is 2. The van der Waals surface area contributed by atoms with E-state index in [0.717, 1.165) is 13.2 Å². The van der Waals surface area contributed by atoms with Crippen LogP contribution in [0.5, 0.6) is 5.75 Å². The molecular weight excluding hydrogens is 468 g/mol. The van der Waals surface area contributed by atoms with Gasteiger partial charge in [-0.3, -0.25) is 0 Å². The number of nitrogens with zero attached hydrogens (tertiary/aromatic N) is 2. The van der Waals surface area contributed by atoms with Gasteiger partial charge in [0.15, 0.2) is 5.75 Å². The molecule has 3 rings (SSSR count). The summed E-state index contributed by atoms with van der Waals surface area (Å²) in [4.78, 5) is 12.2. The van der Waals surface area contributed by atoms with Gasteiger partial charge in [-0.05, 0) is 60.4 Å². The van der Waals surface area contributed by atoms with Crippen molar-refractivity contribution in [3.8, 4) is 11.4 Å². The van der Waals surface area contributed by atoms with E-state index in [0.29, 0.717) is 16.8 Å². The van der Waals surface area contributed by atoms with Crippen LogP contribution >= 0.6 is 0 Å². The molecule has 0 aliphatic heterocycles. The average molecular weight is 486 g/mol. The van der Waals surface area contributed by atoms with Gasteiger partial charge in [0.05, 0.1) is 12.8 Å². The molecule has 0 aliphatic rings. The van der Waals surface area contributed by atoms with E-state index in [4.69, 9.17) is 0 Å². The summed E-state index contributed by atoms with van der Waals surface area (Å²) in [5.74, 6) is -2.48. The maximum absolute atomic E-state index is 14.8. The zero-order chi connectivity index (χ0) is 24.6. The Labute approximate surface area is 186 Å². The first-order valence-corrected chi connectivity index (χ1v) is 10.8. The second-order valence-corrected chi connectivity index (χ2v) is 8.58. The molecule has 0 N–H and O–H groups in total. The first-order chi connectivity index (χ1) is 15.4. The van der Waals surface area contributed by atoms with E-state index in [1.807, 2.05) is 0 Å². The van der Waals surface area contributed by atoms with E-state index < -0.39 is 38.7 Å². The lowest BCUT2D eigenvalue weighted by Crippen LogP contribution is -2.29. The van der Waals surface area contributed by atoms with Gasteiger partial charge in [-0.1, -0.05) is 6.07 Å². The quantitative estimate of drug-likeness (QED) is 0.224. The molecule has 0 bridgehead atoms. The zero-order valence-electron chi connectivity index (χ0n) is 17.6. The molecule has 0 aliphatic carbocycles. The number of carbonyl (C=O) groups excluding carboxylic acids is 1. The van der Waals surface area contributed by atoms with E-state index in [2.05, 4.69) is 14.0 Å². The number of rotatable bonds is 6. The van der Waals surface area contributed by atoms with Crippen LogP contribution in [0.3, 0.4) is 0 Å². The molecule has 2 aromatic carbocycles. The number of halogens is 4. The first kappa shape index (κ1) is 24.2. The summed E-state index contributed by atoms with van der Waals surface area (Å²) < 4.78 is 86.7. The molecule has 3 aromatic rings. The minimum absolute atomic E-state index is 0.0331. The van der Waals surface area contributed by atoms with Crippen molar-refractivity contribution in [3.05, 3.63) is 76.4 Å². The number of hydrogen-bond acceptors (Lipinski definition) is 6. The lowest BCUT2D eigenvalue weighted by atomic mass is 9.93. The van der Waals surface area contributed by atoms with Gasteiger partial charge in [0, 0.05) is 18.8 Å². The molecule has 0 amide bonds. The Bertz CT molecular complexity index is 1300. The van der Waals surface area contributed by atoms with Crippen LogP contribution in [0.1, 0.15) is 32.6 Å². The predicted octanol–water partition coefficient (Wildman–Crippen LogP) is 4.23. The summed E-state index contributed by atoms with van der Waals surface area (Å²) >= 11 is 0. The summed E-state index contributed by atoms with van der Waals surface area (Å²) in [5.41, 5.74) is -4.85. The molecule has 0 unspecified atom stereocenters. The highest BCUT2D eigenvalue weighted by Gasteiger charge is 2.49. The van der Waals surface area contributed by atoms with Crippen molar-refractivity contribution in [3.63, 3.8) is 0 Å². The molecule has 1 aromatic heterocycles. The normalized spacial score (nSPS) is 12.0. The second kappa shape index (κ2) is 8.85. The fourth-order valence-corrected chi connectivity index (χ4v) is 3.65. The van der Waals surface area contributed by atoms with E-state index >= 15 is 0 Å². The summed E-state index contributed by atoms with van der Waals surface area (Å²) in [5, 5.41) is 4.02. The standard InChI is InChI=1S/C21H18F4N2O5S/c1-12-13(2)19(32-33(29,30)21(23,24)25)17(20(28)31-3)10-15(12)9-14-5-6-16(11-18(14)22)27-8-4-7-26-27/h4-8,10-11H,9H2,1-3H3. The van der Waals surface area contributed by atoms with Crippen molar-refractivity contribution < 1.29 is 39.7 Å². The van der Waals surface area contributed by atoms with Crippen molar-refractivity contribution in [2.75, 3.05) is 7.11 Å². The first-order valence-electron chi connectivity index (χ1n) is 9.36. The monoisotopic (exact) mass is 486 g/mol. The molecular formula is C21H18F4N2O5S. The Morgan fingerprint density at radius 2 is 1.82 bits per heavy atom. The Morgan fingerprint density at radius 3 is 2.36 bits per heavy atom. The minimum atomic E-state index is -6.04. The molecule has 0 atom stereocenters. The van der Waals surface area contributed by atoms with Crippen molar-refractivity contribution in [2.24, 2.45) is 0 Å². The maximum atomic E-state index is 14.8. The van der Waals surface area contributed by atoms with Crippen LogP contribution in [0.25, 0.3) is 5.69 Å². The molecule has 12 heteroatoms. The number of hydrogen-bond donors (Lipinski definition) is 0. The highest BCUT2D eigenvalue weighted by atomic mass is 32.2. The van der Waals surface area contributed by atoms with Crippen LogP contribution in [-0.4, -0.2) is 36.8 Å². The van der Waals surface area contributed by atoms with Crippen molar-refractivity contribution >= 4 is 16.1 Å². The van der Waals surface area contributed by atoms with Gasteiger partial charge in [-0.15, -0.1) is 0 Å². The molecule has 0 radical (unpaired) electrons. The fourth-order valence-electron chi connectivity index (χ4n) is 3.12. The van der Waals surface area contributed by atoms with E-state index in [1.54, 1.807) is 18.3 Å². The Kier molecular flexibility index (Phi) is 6.50. The second-order valence-electron chi connectivity index (χ2n) is 7.04. The zero-order valence-corrected chi connectivity index (χ0v) is 18.4. The Morgan fingerprint density at radius 1 is 1.12 bits per heavy atom. The van der Waals surface area contributed by atoms with Crippen LogP contribution in [0.4, 0.5) is 17.6 Å². The van der Waals surface area contributed by atoms with E-state index in [1.165, 1.54) is 36.9 Å². The van der Waals surface area contributed by atoms with Crippen LogP contribution in [-0.2, 0) is 21.3 Å². The lowest BCUT2D eigenvalue weighted by molar-refractivity contribution is -0.0500. The van der Waals surface area contributed by atoms with Crippen LogP contribution in [0.15, 0.2) is 42.7 Å². The molecule has 1 heterocycles. The van der Waals surface area contributed by atoms with Gasteiger partial charge in [-0.25, -0.2) is 13.9 Å². The predicted molar refractivity (Wildman–Crippen MR) is 109 cm³/mol. The van der Waals surface area contributed by atoms with Crippen LogP contribution in [0.2, 0.25) is 0 Å².